The first-order chi connectivity index (χ1) is 14.0. The summed E-state index contributed by atoms with van der Waals surface area (Å²) in [6.07, 6.45) is -3.00. The van der Waals surface area contributed by atoms with Gasteiger partial charge in [-0.05, 0) is 43.9 Å². The molecule has 0 saturated carbocycles. The first kappa shape index (κ1) is 22.5. The van der Waals surface area contributed by atoms with Crippen LogP contribution in [0.2, 0.25) is 0 Å². The van der Waals surface area contributed by atoms with Gasteiger partial charge in [-0.2, -0.15) is 17.5 Å². The zero-order valence-corrected chi connectivity index (χ0v) is 17.1. The second-order valence-electron chi connectivity index (χ2n) is 7.71. The van der Waals surface area contributed by atoms with Crippen molar-refractivity contribution in [2.24, 2.45) is 17.6 Å². The van der Waals surface area contributed by atoms with E-state index in [-0.39, 0.29) is 36.7 Å². The molecule has 2 saturated heterocycles. The molecule has 2 aliphatic heterocycles. The summed E-state index contributed by atoms with van der Waals surface area (Å²) >= 11 is 0. The van der Waals surface area contributed by atoms with Crippen molar-refractivity contribution in [2.75, 3.05) is 26.2 Å². The number of benzene rings is 1. The molecule has 2 N–H and O–H groups in total. The van der Waals surface area contributed by atoms with Gasteiger partial charge in [0.05, 0.1) is 10.5 Å². The Kier molecular flexibility index (Phi) is 6.42. The lowest BCUT2D eigenvalue weighted by Gasteiger charge is -2.36. The van der Waals surface area contributed by atoms with Crippen molar-refractivity contribution < 1.29 is 31.2 Å². The summed E-state index contributed by atoms with van der Waals surface area (Å²) < 4.78 is 65.4. The van der Waals surface area contributed by atoms with E-state index in [4.69, 9.17) is 5.73 Å². The molecule has 0 bridgehead atoms. The van der Waals surface area contributed by atoms with E-state index >= 15 is 0 Å². The molecule has 2 heterocycles. The molecule has 30 heavy (non-hydrogen) atoms. The molecule has 0 unspecified atom stereocenters. The largest absolute Gasteiger partial charge is 0.416 e. The van der Waals surface area contributed by atoms with Crippen LogP contribution in [0.1, 0.15) is 31.2 Å². The van der Waals surface area contributed by atoms with Gasteiger partial charge in [-0.1, -0.05) is 6.07 Å². The lowest BCUT2D eigenvalue weighted by atomic mass is 9.92. The molecule has 0 spiro atoms. The molecule has 1 aromatic rings. The van der Waals surface area contributed by atoms with Crippen molar-refractivity contribution in [3.8, 4) is 0 Å². The van der Waals surface area contributed by atoms with E-state index in [2.05, 4.69) is 0 Å². The monoisotopic (exact) mass is 447 g/mol. The maximum atomic E-state index is 12.9. The van der Waals surface area contributed by atoms with Gasteiger partial charge in [0, 0.05) is 38.0 Å². The molecule has 11 heteroatoms. The Morgan fingerprint density at radius 3 is 2.07 bits per heavy atom. The fourth-order valence-electron chi connectivity index (χ4n) is 3.97. The summed E-state index contributed by atoms with van der Waals surface area (Å²) in [5.74, 6) is -1.01. The molecule has 2 aliphatic rings. The average molecular weight is 447 g/mol. The van der Waals surface area contributed by atoms with Gasteiger partial charge in [-0.25, -0.2) is 8.42 Å². The van der Waals surface area contributed by atoms with Gasteiger partial charge in [0.2, 0.25) is 21.8 Å². The maximum Gasteiger partial charge on any atom is 0.416 e. The van der Waals surface area contributed by atoms with Crippen LogP contribution in [-0.2, 0) is 25.8 Å². The summed E-state index contributed by atoms with van der Waals surface area (Å²) in [5, 5.41) is 0. The van der Waals surface area contributed by atoms with Crippen LogP contribution in [0.3, 0.4) is 0 Å². The molecule has 7 nitrogen and oxygen atoms in total. The molecular weight excluding hydrogens is 423 g/mol. The molecule has 0 radical (unpaired) electrons. The number of piperidine rings is 2. The van der Waals surface area contributed by atoms with Gasteiger partial charge >= 0.3 is 6.18 Å². The Morgan fingerprint density at radius 1 is 0.967 bits per heavy atom. The lowest BCUT2D eigenvalue weighted by Crippen LogP contribution is -2.47. The topological polar surface area (TPSA) is 101 Å². The molecule has 0 aromatic heterocycles. The number of carbonyl (C=O) groups is 2. The van der Waals surface area contributed by atoms with Crippen LogP contribution >= 0.6 is 0 Å². The number of hydrogen-bond acceptors (Lipinski definition) is 4. The highest BCUT2D eigenvalue weighted by Gasteiger charge is 2.37. The van der Waals surface area contributed by atoms with Crippen LogP contribution in [0.5, 0.6) is 0 Å². The minimum atomic E-state index is -4.63. The number of sulfonamides is 1. The Balaban J connectivity index is 1.61. The summed E-state index contributed by atoms with van der Waals surface area (Å²) in [7, 11) is -4.08. The number of nitrogens with zero attached hydrogens (tertiary/aromatic N) is 2. The van der Waals surface area contributed by atoms with Gasteiger partial charge in [0.1, 0.15) is 0 Å². The standard InChI is InChI=1S/C19H24F3N3O4S/c20-19(21,22)15-2-1-3-16(12-15)30(28,29)25-10-6-14(7-11-25)18(27)24-8-4-13(5-9-24)17(23)26/h1-3,12-14H,4-11H2,(H2,23,26). The SMILES string of the molecule is NC(=O)C1CCN(C(=O)C2CCN(S(=O)(=O)c3cccc(C(F)(F)F)c3)CC2)CC1. The predicted octanol–water partition coefficient (Wildman–Crippen LogP) is 1.83. The van der Waals surface area contributed by atoms with Crippen molar-refractivity contribution in [2.45, 2.75) is 36.8 Å². The second kappa shape index (κ2) is 8.54. The van der Waals surface area contributed by atoms with Crippen molar-refractivity contribution >= 4 is 21.8 Å². The lowest BCUT2D eigenvalue weighted by molar-refractivity contribution is -0.139. The number of alkyl halides is 3. The molecule has 2 amide bonds. The number of carbonyl (C=O) groups excluding carboxylic acids is 2. The van der Waals surface area contributed by atoms with E-state index in [1.165, 1.54) is 0 Å². The molecule has 0 aliphatic carbocycles. The Morgan fingerprint density at radius 2 is 1.53 bits per heavy atom. The number of halogens is 3. The molecule has 3 rings (SSSR count). The number of likely N-dealkylation sites (tertiary alicyclic amines) is 1. The van der Waals surface area contributed by atoms with E-state index < -0.39 is 26.7 Å². The van der Waals surface area contributed by atoms with Crippen molar-refractivity contribution in [3.05, 3.63) is 29.8 Å². The molecule has 166 valence electrons. The van der Waals surface area contributed by atoms with Gasteiger partial charge in [-0.3, -0.25) is 9.59 Å². The van der Waals surface area contributed by atoms with Crippen LogP contribution in [0.25, 0.3) is 0 Å². The average Bonchev–Trinajstić information content (AvgIpc) is 2.73. The van der Waals surface area contributed by atoms with E-state index in [9.17, 15) is 31.2 Å². The number of rotatable bonds is 4. The molecule has 1 aromatic carbocycles. The summed E-state index contributed by atoms with van der Waals surface area (Å²) in [6.45, 7) is 1.00. The third kappa shape index (κ3) is 4.77. The Hall–Kier alpha value is -2.14. The van der Waals surface area contributed by atoms with E-state index in [1.807, 2.05) is 0 Å². The fraction of sp³-hybridized carbons (Fsp3) is 0.579. The normalized spacial score (nSPS) is 20.3. The first-order valence-corrected chi connectivity index (χ1v) is 11.2. The molecular formula is C19H24F3N3O4S. The van der Waals surface area contributed by atoms with Crippen molar-refractivity contribution in [1.29, 1.82) is 0 Å². The summed E-state index contributed by atoms with van der Waals surface area (Å²) in [6, 6.07) is 3.67. The fourth-order valence-corrected chi connectivity index (χ4v) is 5.48. The van der Waals surface area contributed by atoms with E-state index in [0.29, 0.717) is 44.8 Å². The van der Waals surface area contributed by atoms with Gasteiger partial charge in [-0.15, -0.1) is 0 Å². The Labute approximate surface area is 173 Å². The van der Waals surface area contributed by atoms with E-state index in [0.717, 1.165) is 22.5 Å². The second-order valence-corrected chi connectivity index (χ2v) is 9.64. The highest BCUT2D eigenvalue weighted by molar-refractivity contribution is 7.89. The smallest absolute Gasteiger partial charge is 0.369 e. The van der Waals surface area contributed by atoms with Crippen LogP contribution in [-0.4, -0.2) is 55.6 Å². The third-order valence-electron chi connectivity index (χ3n) is 5.81. The quantitative estimate of drug-likeness (QED) is 0.761. The molecule has 2 fully saturated rings. The number of hydrogen-bond donors (Lipinski definition) is 1. The minimum absolute atomic E-state index is 0.0622. The van der Waals surface area contributed by atoms with Gasteiger partial charge in [0.15, 0.2) is 0 Å². The van der Waals surface area contributed by atoms with Crippen molar-refractivity contribution in [1.82, 2.24) is 9.21 Å². The summed E-state index contributed by atoms with van der Waals surface area (Å²) in [5.41, 5.74) is 4.28. The first-order valence-electron chi connectivity index (χ1n) is 9.75. The highest BCUT2D eigenvalue weighted by atomic mass is 32.2. The van der Waals surface area contributed by atoms with Crippen LogP contribution in [0, 0.1) is 11.8 Å². The van der Waals surface area contributed by atoms with Crippen LogP contribution < -0.4 is 5.73 Å². The van der Waals surface area contributed by atoms with Crippen LogP contribution in [0.4, 0.5) is 13.2 Å². The maximum absolute atomic E-state index is 12.9. The number of nitrogens with two attached hydrogens (primary N) is 1. The summed E-state index contributed by atoms with van der Waals surface area (Å²) in [4.78, 5) is 25.3. The predicted molar refractivity (Wildman–Crippen MR) is 101 cm³/mol. The highest BCUT2D eigenvalue weighted by Crippen LogP contribution is 2.32. The number of primary amides is 1. The Bertz CT molecular complexity index is 904. The zero-order chi connectivity index (χ0) is 22.1. The zero-order valence-electron chi connectivity index (χ0n) is 16.3. The van der Waals surface area contributed by atoms with Gasteiger partial charge in [0.25, 0.3) is 0 Å². The third-order valence-corrected chi connectivity index (χ3v) is 7.71. The van der Waals surface area contributed by atoms with Crippen molar-refractivity contribution in [3.63, 3.8) is 0 Å². The molecule has 0 atom stereocenters. The van der Waals surface area contributed by atoms with Crippen LogP contribution in [0.15, 0.2) is 29.2 Å². The number of amides is 2. The minimum Gasteiger partial charge on any atom is -0.369 e. The van der Waals surface area contributed by atoms with Gasteiger partial charge < -0.3 is 10.6 Å². The van der Waals surface area contributed by atoms with E-state index in [1.54, 1.807) is 4.90 Å².